The van der Waals surface area contributed by atoms with Gasteiger partial charge in [-0.3, -0.25) is 4.79 Å². The summed E-state index contributed by atoms with van der Waals surface area (Å²) in [6.07, 6.45) is 4.78. The molecule has 5 nitrogen and oxygen atoms in total. The highest BCUT2D eigenvalue weighted by molar-refractivity contribution is 6.14. The Bertz CT molecular complexity index is 1060. The zero-order chi connectivity index (χ0) is 20.3. The number of H-pyrrole nitrogens is 1. The van der Waals surface area contributed by atoms with E-state index in [0.717, 1.165) is 16.7 Å². The summed E-state index contributed by atoms with van der Waals surface area (Å²) in [5.41, 5.74) is 3.59. The molecule has 0 bridgehead atoms. The molecule has 6 heteroatoms. The number of halogens is 1. The minimum absolute atomic E-state index is 0.160. The Morgan fingerprint density at radius 1 is 1.14 bits per heavy atom. The van der Waals surface area contributed by atoms with Crippen molar-refractivity contribution >= 4 is 28.7 Å². The molecule has 0 saturated heterocycles. The van der Waals surface area contributed by atoms with Crippen molar-refractivity contribution in [3.05, 3.63) is 70.7 Å². The van der Waals surface area contributed by atoms with E-state index in [9.17, 15) is 14.0 Å². The van der Waals surface area contributed by atoms with Gasteiger partial charge >= 0.3 is 5.97 Å². The molecule has 0 fully saturated rings. The Hall–Kier alpha value is -3.41. The van der Waals surface area contributed by atoms with E-state index in [1.54, 1.807) is 18.3 Å². The lowest BCUT2D eigenvalue weighted by Crippen LogP contribution is -2.13. The van der Waals surface area contributed by atoms with Crippen molar-refractivity contribution in [2.24, 2.45) is 0 Å². The number of aryl methyl sites for hydroxylation is 2. The lowest BCUT2D eigenvalue weighted by atomic mass is 10.0. The molecule has 0 atom stereocenters. The second-order valence-electron chi connectivity index (χ2n) is 6.44. The van der Waals surface area contributed by atoms with E-state index in [-0.39, 0.29) is 18.2 Å². The van der Waals surface area contributed by atoms with E-state index in [2.05, 4.69) is 9.72 Å². The number of benzene rings is 2. The molecule has 1 heterocycles. The molecule has 1 aromatic heterocycles. The van der Waals surface area contributed by atoms with Crippen molar-refractivity contribution < 1.29 is 23.5 Å². The fourth-order valence-electron chi connectivity index (χ4n) is 3.06. The topological polar surface area (TPSA) is 68.4 Å². The summed E-state index contributed by atoms with van der Waals surface area (Å²) in [5.74, 6) is -0.372. The largest absolute Gasteiger partial charge is 0.481 e. The van der Waals surface area contributed by atoms with Gasteiger partial charge < -0.3 is 14.5 Å². The van der Waals surface area contributed by atoms with Crippen LogP contribution in [0.2, 0.25) is 0 Å². The monoisotopic (exact) mass is 381 g/mol. The number of carbonyl (C=O) groups excluding carboxylic acids is 2. The lowest BCUT2D eigenvalue weighted by Gasteiger charge is -2.12. The van der Waals surface area contributed by atoms with E-state index in [1.165, 1.54) is 25.3 Å². The van der Waals surface area contributed by atoms with Crippen molar-refractivity contribution in [1.29, 1.82) is 0 Å². The number of methoxy groups -OCH3 is 1. The van der Waals surface area contributed by atoms with E-state index in [4.69, 9.17) is 4.74 Å². The fraction of sp³-hybridized carbons (Fsp3) is 0.182. The number of hydrogen-bond donors (Lipinski definition) is 1. The first kappa shape index (κ1) is 19.4. The van der Waals surface area contributed by atoms with Crippen LogP contribution in [0.1, 0.15) is 27.0 Å². The minimum atomic E-state index is -0.452. The molecule has 28 heavy (non-hydrogen) atoms. The number of rotatable bonds is 6. The number of aromatic nitrogens is 1. The lowest BCUT2D eigenvalue weighted by molar-refractivity contribution is -0.142. The van der Waals surface area contributed by atoms with Crippen LogP contribution in [0.5, 0.6) is 5.75 Å². The zero-order valence-electron chi connectivity index (χ0n) is 15.8. The van der Waals surface area contributed by atoms with Crippen molar-refractivity contribution in [3.63, 3.8) is 0 Å². The second-order valence-corrected chi connectivity index (χ2v) is 6.44. The normalized spacial score (nSPS) is 11.1. The SMILES string of the molecule is COC(=O)COc1c(C)cc(/C=C/C(=O)c2c[nH]c3cc(F)ccc23)cc1C. The Morgan fingerprint density at radius 2 is 1.86 bits per heavy atom. The summed E-state index contributed by atoms with van der Waals surface area (Å²) < 4.78 is 23.4. The predicted molar refractivity (Wildman–Crippen MR) is 105 cm³/mol. The van der Waals surface area contributed by atoms with Crippen LogP contribution in [0, 0.1) is 19.7 Å². The number of ketones is 1. The van der Waals surface area contributed by atoms with Gasteiger partial charge in [0.2, 0.25) is 0 Å². The number of aromatic amines is 1. The highest BCUT2D eigenvalue weighted by Crippen LogP contribution is 2.26. The summed E-state index contributed by atoms with van der Waals surface area (Å²) in [5, 5.41) is 0.676. The smallest absolute Gasteiger partial charge is 0.343 e. The first-order chi connectivity index (χ1) is 13.4. The number of carbonyl (C=O) groups is 2. The van der Waals surface area contributed by atoms with Gasteiger partial charge in [0.05, 0.1) is 7.11 Å². The average molecular weight is 381 g/mol. The van der Waals surface area contributed by atoms with Crippen LogP contribution in [-0.4, -0.2) is 30.5 Å². The molecule has 0 aliphatic rings. The van der Waals surface area contributed by atoms with Gasteiger partial charge in [0, 0.05) is 22.7 Å². The van der Waals surface area contributed by atoms with Crippen LogP contribution in [0.3, 0.4) is 0 Å². The number of fused-ring (bicyclic) bond motifs is 1. The minimum Gasteiger partial charge on any atom is -0.481 e. The van der Waals surface area contributed by atoms with Gasteiger partial charge in [-0.2, -0.15) is 0 Å². The molecule has 1 N–H and O–H groups in total. The maximum absolute atomic E-state index is 13.3. The molecular weight excluding hydrogens is 361 g/mol. The van der Waals surface area contributed by atoms with E-state index >= 15 is 0 Å². The summed E-state index contributed by atoms with van der Waals surface area (Å²) in [6, 6.07) is 8.01. The first-order valence-electron chi connectivity index (χ1n) is 8.69. The molecular formula is C22H20FNO4. The quantitative estimate of drug-likeness (QED) is 0.391. The maximum atomic E-state index is 13.3. The third-order valence-electron chi connectivity index (χ3n) is 4.38. The molecule has 0 unspecified atom stereocenters. The van der Waals surface area contributed by atoms with Crippen LogP contribution in [0.25, 0.3) is 17.0 Å². The van der Waals surface area contributed by atoms with E-state index < -0.39 is 5.97 Å². The molecule has 3 aromatic rings. The van der Waals surface area contributed by atoms with Gasteiger partial charge in [-0.25, -0.2) is 9.18 Å². The van der Waals surface area contributed by atoms with Gasteiger partial charge in [-0.05, 0) is 66.9 Å². The second kappa shape index (κ2) is 8.08. The molecule has 0 aliphatic heterocycles. The number of nitrogens with one attached hydrogen (secondary N) is 1. The van der Waals surface area contributed by atoms with E-state index in [0.29, 0.717) is 22.2 Å². The Morgan fingerprint density at radius 3 is 2.54 bits per heavy atom. The standard InChI is InChI=1S/C22H20FNO4/c1-13-8-15(9-14(2)22(13)28-12-21(26)27-3)4-7-20(25)18-11-24-19-10-16(23)5-6-17(18)19/h4-11,24H,12H2,1-3H3/b7-4+. The number of ether oxygens (including phenoxy) is 2. The fourth-order valence-corrected chi connectivity index (χ4v) is 3.06. The molecule has 0 spiro atoms. The highest BCUT2D eigenvalue weighted by Gasteiger charge is 2.11. The van der Waals surface area contributed by atoms with Crippen molar-refractivity contribution in [2.75, 3.05) is 13.7 Å². The van der Waals surface area contributed by atoms with Crippen LogP contribution in [0.15, 0.2) is 42.6 Å². The molecule has 3 rings (SSSR count). The van der Waals surface area contributed by atoms with Crippen LogP contribution in [0.4, 0.5) is 4.39 Å². The summed E-state index contributed by atoms with van der Waals surface area (Å²) >= 11 is 0. The Balaban J connectivity index is 1.79. The third-order valence-corrected chi connectivity index (χ3v) is 4.38. The van der Waals surface area contributed by atoms with Gasteiger partial charge in [0.1, 0.15) is 11.6 Å². The highest BCUT2D eigenvalue weighted by atomic mass is 19.1. The summed E-state index contributed by atoms with van der Waals surface area (Å²) in [4.78, 5) is 26.7. The zero-order valence-corrected chi connectivity index (χ0v) is 15.8. The van der Waals surface area contributed by atoms with Crippen molar-refractivity contribution in [3.8, 4) is 5.75 Å². The van der Waals surface area contributed by atoms with E-state index in [1.807, 2.05) is 26.0 Å². The van der Waals surface area contributed by atoms with Gasteiger partial charge in [-0.15, -0.1) is 0 Å². The summed E-state index contributed by atoms with van der Waals surface area (Å²) in [6.45, 7) is 3.58. The van der Waals surface area contributed by atoms with Gasteiger partial charge in [-0.1, -0.05) is 6.08 Å². The summed E-state index contributed by atoms with van der Waals surface area (Å²) in [7, 11) is 1.31. The van der Waals surface area contributed by atoms with Crippen LogP contribution in [-0.2, 0) is 9.53 Å². The number of esters is 1. The molecule has 0 radical (unpaired) electrons. The molecule has 0 amide bonds. The average Bonchev–Trinajstić information content (AvgIpc) is 3.08. The molecule has 0 aliphatic carbocycles. The predicted octanol–water partition coefficient (Wildman–Crippen LogP) is 4.37. The van der Waals surface area contributed by atoms with Crippen molar-refractivity contribution in [2.45, 2.75) is 13.8 Å². The maximum Gasteiger partial charge on any atom is 0.343 e. The third kappa shape index (κ3) is 4.11. The Labute approximate surface area is 161 Å². The first-order valence-corrected chi connectivity index (χ1v) is 8.69. The number of allylic oxidation sites excluding steroid dienone is 1. The van der Waals surface area contributed by atoms with Crippen LogP contribution >= 0.6 is 0 Å². The molecule has 144 valence electrons. The number of hydrogen-bond acceptors (Lipinski definition) is 4. The molecule has 0 saturated carbocycles. The Kier molecular flexibility index (Phi) is 5.59. The molecule has 2 aromatic carbocycles. The van der Waals surface area contributed by atoms with Crippen LogP contribution < -0.4 is 4.74 Å². The van der Waals surface area contributed by atoms with Gasteiger partial charge in [0.25, 0.3) is 0 Å². The van der Waals surface area contributed by atoms with Gasteiger partial charge in [0.15, 0.2) is 12.4 Å². The van der Waals surface area contributed by atoms with Crippen molar-refractivity contribution in [1.82, 2.24) is 4.98 Å².